The van der Waals surface area contributed by atoms with Gasteiger partial charge in [0.1, 0.15) is 12.1 Å². The Morgan fingerprint density at radius 1 is 1.33 bits per heavy atom. The quantitative estimate of drug-likeness (QED) is 0.770. The molecule has 1 aliphatic carbocycles. The molecule has 0 radical (unpaired) electrons. The van der Waals surface area contributed by atoms with E-state index >= 15 is 0 Å². The highest BCUT2D eigenvalue weighted by Gasteiger charge is 2.55. The lowest BCUT2D eigenvalue weighted by Crippen LogP contribution is -2.48. The smallest absolute Gasteiger partial charge is 0.223 e. The third-order valence-corrected chi connectivity index (χ3v) is 6.49. The van der Waals surface area contributed by atoms with Crippen molar-refractivity contribution in [2.75, 3.05) is 24.5 Å². The highest BCUT2D eigenvalue weighted by molar-refractivity contribution is 5.80. The molecule has 1 amide bonds. The van der Waals surface area contributed by atoms with Crippen molar-refractivity contribution in [3.8, 4) is 0 Å². The summed E-state index contributed by atoms with van der Waals surface area (Å²) in [6.07, 6.45) is 7.94. The molecule has 1 aliphatic heterocycles. The first-order chi connectivity index (χ1) is 14.5. The lowest BCUT2D eigenvalue weighted by Gasteiger charge is -2.39. The minimum Gasteiger partial charge on any atom is -0.387 e. The van der Waals surface area contributed by atoms with Gasteiger partial charge in [-0.2, -0.15) is 0 Å². The van der Waals surface area contributed by atoms with Crippen LogP contribution in [0.1, 0.15) is 49.1 Å². The maximum absolute atomic E-state index is 13.0. The van der Waals surface area contributed by atoms with Gasteiger partial charge in [-0.15, -0.1) is 0 Å². The van der Waals surface area contributed by atoms with E-state index in [4.69, 9.17) is 0 Å². The van der Waals surface area contributed by atoms with Crippen LogP contribution in [0.2, 0.25) is 0 Å². The number of aromatic nitrogens is 2. The van der Waals surface area contributed by atoms with Gasteiger partial charge >= 0.3 is 0 Å². The third-order valence-electron chi connectivity index (χ3n) is 6.49. The molecule has 1 spiro atoms. The van der Waals surface area contributed by atoms with Crippen LogP contribution >= 0.6 is 0 Å². The van der Waals surface area contributed by atoms with Crippen molar-refractivity contribution in [1.29, 1.82) is 0 Å². The minimum atomic E-state index is -0.683. The van der Waals surface area contributed by atoms with Gasteiger partial charge in [0.05, 0.1) is 11.8 Å². The topological polar surface area (TPSA) is 78.4 Å². The van der Waals surface area contributed by atoms with Gasteiger partial charge in [-0.1, -0.05) is 42.5 Å². The summed E-state index contributed by atoms with van der Waals surface area (Å²) in [4.78, 5) is 24.2. The second kappa shape index (κ2) is 8.56. The standard InChI is InChI=1S/C24H30N4O2/c1-3-7-19-17(2)26-16-27-22(19)28-13-10-20(24(15-28)11-12-24)23(30)25-14-21(29)18-8-5-4-6-9-18/h3-9,16,20-21,29H,10-15H2,1-2H3,(H,25,30)/b7-3-/t20-,21-/m1/s1. The fourth-order valence-corrected chi connectivity index (χ4v) is 4.62. The maximum Gasteiger partial charge on any atom is 0.223 e. The van der Waals surface area contributed by atoms with Gasteiger partial charge < -0.3 is 15.3 Å². The molecule has 1 aromatic carbocycles. The summed E-state index contributed by atoms with van der Waals surface area (Å²) in [5, 5.41) is 13.4. The number of amides is 1. The molecule has 1 saturated carbocycles. The Morgan fingerprint density at radius 2 is 2.10 bits per heavy atom. The Labute approximate surface area is 178 Å². The van der Waals surface area contributed by atoms with Crippen LogP contribution in [0, 0.1) is 18.3 Å². The molecule has 1 saturated heterocycles. The van der Waals surface area contributed by atoms with Crippen LogP contribution in [0.15, 0.2) is 42.7 Å². The molecule has 1 aromatic heterocycles. The second-order valence-electron chi connectivity index (χ2n) is 8.49. The van der Waals surface area contributed by atoms with Crippen LogP contribution in [0.4, 0.5) is 5.82 Å². The average molecular weight is 407 g/mol. The fourth-order valence-electron chi connectivity index (χ4n) is 4.62. The molecule has 0 bridgehead atoms. The molecule has 6 heteroatoms. The summed E-state index contributed by atoms with van der Waals surface area (Å²) in [5.41, 5.74) is 2.87. The molecular weight excluding hydrogens is 376 g/mol. The SMILES string of the molecule is C/C=C\c1c(C)ncnc1N1CC[C@H](C(=O)NC[C@@H](O)c2ccccc2)C2(CC2)C1. The Balaban J connectivity index is 1.42. The van der Waals surface area contributed by atoms with Gasteiger partial charge in [0, 0.05) is 31.1 Å². The summed E-state index contributed by atoms with van der Waals surface area (Å²) < 4.78 is 0. The van der Waals surface area contributed by atoms with E-state index < -0.39 is 6.10 Å². The Bertz CT molecular complexity index is 924. The number of carbonyl (C=O) groups excluding carboxylic acids is 1. The number of aryl methyl sites for hydroxylation is 1. The summed E-state index contributed by atoms with van der Waals surface area (Å²) in [6, 6.07) is 9.46. The number of hydrogen-bond acceptors (Lipinski definition) is 5. The lowest BCUT2D eigenvalue weighted by molar-refractivity contribution is -0.128. The average Bonchev–Trinajstić information content (AvgIpc) is 3.53. The highest BCUT2D eigenvalue weighted by atomic mass is 16.3. The van der Waals surface area contributed by atoms with Gasteiger partial charge in [-0.05, 0) is 44.1 Å². The van der Waals surface area contributed by atoms with E-state index in [1.165, 1.54) is 0 Å². The summed E-state index contributed by atoms with van der Waals surface area (Å²) in [6.45, 7) is 5.88. The van der Waals surface area contributed by atoms with Gasteiger partial charge in [0.25, 0.3) is 0 Å². The number of benzene rings is 1. The molecule has 30 heavy (non-hydrogen) atoms. The Kier molecular flexibility index (Phi) is 5.86. The second-order valence-corrected chi connectivity index (χ2v) is 8.49. The first-order valence-corrected chi connectivity index (χ1v) is 10.7. The van der Waals surface area contributed by atoms with Gasteiger partial charge in [-0.3, -0.25) is 4.79 Å². The van der Waals surface area contributed by atoms with E-state index in [1.54, 1.807) is 6.33 Å². The monoisotopic (exact) mass is 406 g/mol. The van der Waals surface area contributed by atoms with Crippen LogP contribution in [-0.2, 0) is 4.79 Å². The molecule has 6 nitrogen and oxygen atoms in total. The lowest BCUT2D eigenvalue weighted by atomic mass is 9.81. The molecule has 2 aromatic rings. The Hall–Kier alpha value is -2.73. The normalized spacial score (nSPS) is 21.0. The van der Waals surface area contributed by atoms with Crippen molar-refractivity contribution in [3.05, 3.63) is 59.6 Å². The van der Waals surface area contributed by atoms with E-state index in [0.29, 0.717) is 0 Å². The molecular formula is C24H30N4O2. The van der Waals surface area contributed by atoms with Crippen LogP contribution in [0.25, 0.3) is 6.08 Å². The van der Waals surface area contributed by atoms with Crippen LogP contribution in [0.5, 0.6) is 0 Å². The zero-order chi connectivity index (χ0) is 21.1. The number of rotatable bonds is 6. The van der Waals surface area contributed by atoms with Gasteiger partial charge in [0.15, 0.2) is 0 Å². The van der Waals surface area contributed by atoms with Crippen LogP contribution in [0.3, 0.4) is 0 Å². The number of carbonyl (C=O) groups is 1. The van der Waals surface area contributed by atoms with Crippen molar-refractivity contribution >= 4 is 17.8 Å². The predicted octanol–water partition coefficient (Wildman–Crippen LogP) is 3.27. The molecule has 158 valence electrons. The number of nitrogens with zero attached hydrogens (tertiary/aromatic N) is 3. The van der Waals surface area contributed by atoms with E-state index in [9.17, 15) is 9.90 Å². The largest absolute Gasteiger partial charge is 0.387 e. The van der Waals surface area contributed by atoms with Crippen molar-refractivity contribution in [1.82, 2.24) is 15.3 Å². The number of aliphatic hydroxyl groups excluding tert-OH is 1. The molecule has 0 unspecified atom stereocenters. The number of anilines is 1. The first kappa shape index (κ1) is 20.5. The Morgan fingerprint density at radius 3 is 2.80 bits per heavy atom. The highest BCUT2D eigenvalue weighted by Crippen LogP contribution is 2.56. The van der Waals surface area contributed by atoms with E-state index in [0.717, 1.165) is 55.0 Å². The van der Waals surface area contributed by atoms with Crippen molar-refractivity contribution in [3.63, 3.8) is 0 Å². The number of hydrogen-bond donors (Lipinski definition) is 2. The molecule has 2 heterocycles. The first-order valence-electron chi connectivity index (χ1n) is 10.7. The molecule has 2 N–H and O–H groups in total. The van der Waals surface area contributed by atoms with Crippen LogP contribution < -0.4 is 10.2 Å². The van der Waals surface area contributed by atoms with Gasteiger partial charge in [0.2, 0.25) is 5.91 Å². The van der Waals surface area contributed by atoms with Crippen molar-refractivity contribution in [2.24, 2.45) is 11.3 Å². The van der Waals surface area contributed by atoms with Gasteiger partial charge in [-0.25, -0.2) is 9.97 Å². The fraction of sp³-hybridized carbons (Fsp3) is 0.458. The summed E-state index contributed by atoms with van der Waals surface area (Å²) >= 11 is 0. The maximum atomic E-state index is 13.0. The number of piperidine rings is 1. The number of aliphatic hydroxyl groups is 1. The summed E-state index contributed by atoms with van der Waals surface area (Å²) in [5.74, 6) is 1.02. The zero-order valence-corrected chi connectivity index (χ0v) is 17.7. The third kappa shape index (κ3) is 4.10. The minimum absolute atomic E-state index is 0.00942. The molecule has 2 aliphatic rings. The van der Waals surface area contributed by atoms with E-state index in [1.807, 2.05) is 50.3 Å². The van der Waals surface area contributed by atoms with E-state index in [2.05, 4.69) is 26.3 Å². The number of allylic oxidation sites excluding steroid dienone is 1. The molecule has 2 fully saturated rings. The summed E-state index contributed by atoms with van der Waals surface area (Å²) in [7, 11) is 0. The van der Waals surface area contributed by atoms with Crippen molar-refractivity contribution < 1.29 is 9.90 Å². The molecule has 2 atom stereocenters. The number of nitrogens with one attached hydrogen (secondary N) is 1. The zero-order valence-electron chi connectivity index (χ0n) is 17.7. The molecule has 4 rings (SSSR count). The van der Waals surface area contributed by atoms with Crippen LogP contribution in [-0.4, -0.2) is 40.6 Å². The van der Waals surface area contributed by atoms with E-state index in [-0.39, 0.29) is 23.8 Å². The van der Waals surface area contributed by atoms with Crippen molar-refractivity contribution in [2.45, 2.75) is 39.2 Å². The predicted molar refractivity (Wildman–Crippen MR) is 118 cm³/mol.